The molecule has 2 nitrogen and oxygen atoms in total. The van der Waals surface area contributed by atoms with Gasteiger partial charge >= 0.3 is 0 Å². The Balaban J connectivity index is 2.58. The molecule has 0 saturated carbocycles. The molecule has 0 spiro atoms. The van der Waals surface area contributed by atoms with Gasteiger partial charge in [0.15, 0.2) is 0 Å². The summed E-state index contributed by atoms with van der Waals surface area (Å²) in [4.78, 5) is 0. The van der Waals surface area contributed by atoms with Gasteiger partial charge < -0.3 is 9.84 Å². The molecule has 17 heavy (non-hydrogen) atoms. The molecule has 1 unspecified atom stereocenters. The van der Waals surface area contributed by atoms with Gasteiger partial charge in [-0.1, -0.05) is 25.7 Å². The molecule has 0 aliphatic carbocycles. The second-order valence-electron chi connectivity index (χ2n) is 5.46. The molecular formula is C14H20O2Si. The number of rotatable bonds is 1. The first-order chi connectivity index (χ1) is 7.94. The molecular weight excluding hydrogens is 228 g/mol. The van der Waals surface area contributed by atoms with Gasteiger partial charge in [-0.3, -0.25) is 0 Å². The van der Waals surface area contributed by atoms with Crippen LogP contribution in [-0.2, 0) is 0 Å². The summed E-state index contributed by atoms with van der Waals surface area (Å²) in [5.74, 6) is 0.897. The van der Waals surface area contributed by atoms with Gasteiger partial charge in [0.25, 0.3) is 0 Å². The largest absolute Gasteiger partial charge is 0.497 e. The topological polar surface area (TPSA) is 29.5 Å². The van der Waals surface area contributed by atoms with E-state index in [2.05, 4.69) is 31.8 Å². The van der Waals surface area contributed by atoms with Gasteiger partial charge in [0.2, 0.25) is 0 Å². The second kappa shape index (κ2) is 4.31. The first kappa shape index (κ1) is 12.4. The molecule has 1 aromatic rings. The summed E-state index contributed by atoms with van der Waals surface area (Å²) in [5.41, 5.74) is 2.27. The van der Waals surface area contributed by atoms with Crippen molar-refractivity contribution < 1.29 is 9.84 Å². The smallest absolute Gasteiger partial charge is 0.118 e. The quantitative estimate of drug-likeness (QED) is 0.773. The fourth-order valence-electron chi connectivity index (χ4n) is 2.68. The monoisotopic (exact) mass is 248 g/mol. The fourth-order valence-corrected chi connectivity index (χ4v) is 5.75. The maximum Gasteiger partial charge on any atom is 0.118 e. The molecule has 0 aromatic heterocycles. The van der Waals surface area contributed by atoms with Crippen LogP contribution in [0.1, 0.15) is 12.0 Å². The lowest BCUT2D eigenvalue weighted by atomic mass is 10.0. The highest BCUT2D eigenvalue weighted by Gasteiger charge is 2.33. The van der Waals surface area contributed by atoms with Crippen LogP contribution in [0, 0.1) is 0 Å². The minimum absolute atomic E-state index is 0.248. The highest BCUT2D eigenvalue weighted by Crippen LogP contribution is 2.30. The van der Waals surface area contributed by atoms with Crippen molar-refractivity contribution in [2.45, 2.75) is 31.7 Å². The molecule has 0 saturated heterocycles. The summed E-state index contributed by atoms with van der Waals surface area (Å²) >= 11 is 0. The van der Waals surface area contributed by atoms with E-state index in [0.29, 0.717) is 6.42 Å². The predicted molar refractivity (Wildman–Crippen MR) is 74.6 cm³/mol. The summed E-state index contributed by atoms with van der Waals surface area (Å²) < 4.78 is 5.31. The minimum Gasteiger partial charge on any atom is -0.497 e. The van der Waals surface area contributed by atoms with Gasteiger partial charge in [-0.25, -0.2) is 0 Å². The molecule has 0 bridgehead atoms. The van der Waals surface area contributed by atoms with Gasteiger partial charge in [0.05, 0.1) is 21.3 Å². The Morgan fingerprint density at radius 3 is 2.76 bits per heavy atom. The number of aliphatic hydroxyl groups excluding tert-OH is 1. The van der Waals surface area contributed by atoms with E-state index in [0.717, 1.165) is 17.4 Å². The Hall–Kier alpha value is -1.06. The Kier molecular flexibility index (Phi) is 3.14. The van der Waals surface area contributed by atoms with Gasteiger partial charge in [0, 0.05) is 0 Å². The van der Waals surface area contributed by atoms with Crippen LogP contribution in [0.5, 0.6) is 5.75 Å². The van der Waals surface area contributed by atoms with Crippen molar-refractivity contribution in [1.29, 1.82) is 0 Å². The second-order valence-corrected chi connectivity index (χ2v) is 10.2. The minimum atomic E-state index is -1.60. The van der Waals surface area contributed by atoms with Gasteiger partial charge in [-0.05, 0) is 40.9 Å². The van der Waals surface area contributed by atoms with Gasteiger partial charge in [-0.15, -0.1) is 0 Å². The summed E-state index contributed by atoms with van der Waals surface area (Å²) in [6.45, 7) is 8.71. The maximum absolute atomic E-state index is 10.0. The van der Waals surface area contributed by atoms with E-state index in [1.54, 1.807) is 7.11 Å². The van der Waals surface area contributed by atoms with E-state index in [1.165, 1.54) is 10.8 Å². The normalized spacial score (nSPS) is 22.8. The standard InChI is InChI=1S/C14H20O2Si/c1-10-7-11(15)9-17(3,4)14-8-12(16-2)5-6-13(10)14/h5-6,8,11,15H,1,7,9H2,2-4H3. The molecule has 1 N–H and O–H groups in total. The van der Waals surface area contributed by atoms with Crippen LogP contribution in [0.3, 0.4) is 0 Å². The molecule has 1 atom stereocenters. The van der Waals surface area contributed by atoms with Crippen molar-refractivity contribution in [1.82, 2.24) is 0 Å². The van der Waals surface area contributed by atoms with E-state index >= 15 is 0 Å². The fraction of sp³-hybridized carbons (Fsp3) is 0.429. The van der Waals surface area contributed by atoms with E-state index in [9.17, 15) is 5.11 Å². The number of hydrogen-bond acceptors (Lipinski definition) is 2. The number of benzene rings is 1. The van der Waals surface area contributed by atoms with Crippen molar-refractivity contribution in [2.75, 3.05) is 7.11 Å². The SMILES string of the molecule is C=C1CC(O)C[Si](C)(C)c2cc(OC)ccc21. The van der Waals surface area contributed by atoms with E-state index in [1.807, 2.05) is 6.07 Å². The van der Waals surface area contributed by atoms with Crippen molar-refractivity contribution in [2.24, 2.45) is 0 Å². The molecule has 0 fully saturated rings. The van der Waals surface area contributed by atoms with Crippen LogP contribution in [0.4, 0.5) is 0 Å². The average Bonchev–Trinajstić information content (AvgIpc) is 2.34. The number of ether oxygens (including phenoxy) is 1. The lowest BCUT2D eigenvalue weighted by Crippen LogP contribution is -2.44. The number of aliphatic hydroxyl groups is 1. The Bertz CT molecular complexity index is 452. The lowest BCUT2D eigenvalue weighted by Gasteiger charge is -2.24. The first-order valence-electron chi connectivity index (χ1n) is 5.99. The molecule has 92 valence electrons. The zero-order valence-corrected chi connectivity index (χ0v) is 11.8. The van der Waals surface area contributed by atoms with E-state index < -0.39 is 8.07 Å². The maximum atomic E-state index is 10.0. The van der Waals surface area contributed by atoms with Crippen molar-refractivity contribution in [3.63, 3.8) is 0 Å². The zero-order chi connectivity index (χ0) is 12.6. The summed E-state index contributed by atoms with van der Waals surface area (Å²) in [7, 11) is 0.0863. The highest BCUT2D eigenvalue weighted by atomic mass is 28.3. The summed E-state index contributed by atoms with van der Waals surface area (Å²) in [6, 6.07) is 7.09. The molecule has 2 rings (SSSR count). The van der Waals surface area contributed by atoms with E-state index in [-0.39, 0.29) is 6.10 Å². The Morgan fingerprint density at radius 2 is 2.12 bits per heavy atom. The lowest BCUT2D eigenvalue weighted by molar-refractivity contribution is 0.200. The average molecular weight is 248 g/mol. The number of methoxy groups -OCH3 is 1. The molecule has 1 heterocycles. The van der Waals surface area contributed by atoms with E-state index in [4.69, 9.17) is 4.74 Å². The third kappa shape index (κ3) is 2.30. The van der Waals surface area contributed by atoms with Crippen LogP contribution in [0.2, 0.25) is 19.1 Å². The van der Waals surface area contributed by atoms with Crippen molar-refractivity contribution >= 4 is 18.8 Å². The van der Waals surface area contributed by atoms with Gasteiger partial charge in [0.1, 0.15) is 5.75 Å². The zero-order valence-electron chi connectivity index (χ0n) is 10.8. The molecule has 1 aliphatic rings. The van der Waals surface area contributed by atoms with Crippen molar-refractivity contribution in [3.8, 4) is 5.75 Å². The predicted octanol–water partition coefficient (Wildman–Crippen LogP) is 2.39. The van der Waals surface area contributed by atoms with Crippen LogP contribution in [-0.4, -0.2) is 26.4 Å². The van der Waals surface area contributed by atoms with Crippen LogP contribution < -0.4 is 9.92 Å². The third-order valence-electron chi connectivity index (χ3n) is 3.56. The number of hydrogen-bond donors (Lipinski definition) is 1. The molecule has 1 aromatic carbocycles. The highest BCUT2D eigenvalue weighted by molar-refractivity contribution is 6.90. The Morgan fingerprint density at radius 1 is 1.41 bits per heavy atom. The summed E-state index contributed by atoms with van der Waals surface area (Å²) in [6.07, 6.45) is 0.443. The number of fused-ring (bicyclic) bond motifs is 1. The third-order valence-corrected chi connectivity index (χ3v) is 6.93. The van der Waals surface area contributed by atoms with Crippen LogP contribution in [0.15, 0.2) is 24.8 Å². The molecule has 1 aliphatic heterocycles. The molecule has 0 amide bonds. The van der Waals surface area contributed by atoms with Crippen LogP contribution >= 0.6 is 0 Å². The molecule has 3 heteroatoms. The summed E-state index contributed by atoms with van der Waals surface area (Å²) in [5, 5.41) is 11.4. The first-order valence-corrected chi connectivity index (χ1v) is 9.19. The molecule has 0 radical (unpaired) electrons. The van der Waals surface area contributed by atoms with Crippen molar-refractivity contribution in [3.05, 3.63) is 30.3 Å². The van der Waals surface area contributed by atoms with Gasteiger partial charge in [-0.2, -0.15) is 0 Å². The van der Waals surface area contributed by atoms with Crippen LogP contribution in [0.25, 0.3) is 5.57 Å². The Labute approximate surface area is 104 Å².